The molecule has 2 nitrogen and oxygen atoms in total. The Hall–Kier alpha value is -0.610. The highest BCUT2D eigenvalue weighted by Gasteiger charge is 2.21. The predicted octanol–water partition coefficient (Wildman–Crippen LogP) is 3.21. The number of benzene rings is 1. The zero-order valence-electron chi connectivity index (χ0n) is 8.51. The fourth-order valence-corrected chi connectivity index (χ4v) is 2.09. The normalized spacial score (nSPS) is 14.8. The third kappa shape index (κ3) is 3.18. The minimum Gasteiger partial charge on any atom is -0.360 e. The first-order chi connectivity index (χ1) is 7.15. The molecule has 0 bridgehead atoms. The second kappa shape index (κ2) is 4.49. The summed E-state index contributed by atoms with van der Waals surface area (Å²) in [5, 5.41) is 7.19. The fraction of sp³-hybridized carbons (Fsp3) is 0.364. The van der Waals surface area contributed by atoms with E-state index in [1.807, 2.05) is 12.1 Å². The van der Waals surface area contributed by atoms with Crippen LogP contribution in [0.2, 0.25) is 0 Å². The summed E-state index contributed by atoms with van der Waals surface area (Å²) in [5.74, 6) is 0. The van der Waals surface area contributed by atoms with Gasteiger partial charge in [-0.1, -0.05) is 15.9 Å². The molecule has 1 aromatic rings. The Morgan fingerprint density at radius 2 is 2.20 bits per heavy atom. The molecule has 0 radical (unpaired) electrons. The lowest BCUT2D eigenvalue weighted by atomic mass is 10.2. The van der Waals surface area contributed by atoms with Crippen molar-refractivity contribution in [1.82, 2.24) is 5.32 Å². The summed E-state index contributed by atoms with van der Waals surface area (Å²) in [5.41, 5.74) is 2.25. The van der Waals surface area contributed by atoms with Crippen LogP contribution in [0.25, 0.3) is 0 Å². The Morgan fingerprint density at radius 3 is 2.80 bits per heavy atom. The van der Waals surface area contributed by atoms with Crippen molar-refractivity contribution in [1.29, 1.82) is 0 Å². The smallest absolute Gasteiger partial charge is 0.171 e. The van der Waals surface area contributed by atoms with Crippen molar-refractivity contribution >= 4 is 38.9 Å². The molecule has 0 unspecified atom stereocenters. The molecule has 80 valence electrons. The molecule has 15 heavy (non-hydrogen) atoms. The van der Waals surface area contributed by atoms with Crippen LogP contribution >= 0.6 is 28.1 Å². The highest BCUT2D eigenvalue weighted by molar-refractivity contribution is 9.10. The lowest BCUT2D eigenvalue weighted by Crippen LogP contribution is -2.30. The first kappa shape index (κ1) is 10.9. The van der Waals surface area contributed by atoms with E-state index in [4.69, 9.17) is 12.2 Å². The van der Waals surface area contributed by atoms with Gasteiger partial charge in [0.15, 0.2) is 5.11 Å². The van der Waals surface area contributed by atoms with Crippen molar-refractivity contribution < 1.29 is 0 Å². The van der Waals surface area contributed by atoms with Crippen LogP contribution in [0, 0.1) is 6.92 Å². The van der Waals surface area contributed by atoms with Gasteiger partial charge in [-0.05, 0) is 55.7 Å². The predicted molar refractivity (Wildman–Crippen MR) is 71.3 cm³/mol. The van der Waals surface area contributed by atoms with Crippen LogP contribution in [0.3, 0.4) is 0 Å². The summed E-state index contributed by atoms with van der Waals surface area (Å²) >= 11 is 8.65. The van der Waals surface area contributed by atoms with E-state index in [0.29, 0.717) is 6.04 Å². The van der Waals surface area contributed by atoms with Gasteiger partial charge in [-0.2, -0.15) is 0 Å². The van der Waals surface area contributed by atoms with Crippen LogP contribution in [-0.4, -0.2) is 11.2 Å². The van der Waals surface area contributed by atoms with Crippen LogP contribution in [0.5, 0.6) is 0 Å². The molecule has 0 saturated heterocycles. The molecule has 1 aliphatic rings. The second-order valence-electron chi connectivity index (χ2n) is 3.83. The van der Waals surface area contributed by atoms with Gasteiger partial charge < -0.3 is 10.6 Å². The molecule has 0 spiro atoms. The van der Waals surface area contributed by atoms with Crippen molar-refractivity contribution in [3.05, 3.63) is 28.2 Å². The summed E-state index contributed by atoms with van der Waals surface area (Å²) in [7, 11) is 0. The van der Waals surface area contributed by atoms with Gasteiger partial charge in [0.2, 0.25) is 0 Å². The lowest BCUT2D eigenvalue weighted by molar-refractivity contribution is 0.919. The Labute approximate surface area is 104 Å². The van der Waals surface area contributed by atoms with Crippen LogP contribution in [-0.2, 0) is 0 Å². The topological polar surface area (TPSA) is 24.1 Å². The molecule has 0 atom stereocenters. The van der Waals surface area contributed by atoms with E-state index < -0.39 is 0 Å². The summed E-state index contributed by atoms with van der Waals surface area (Å²) in [6, 6.07) is 6.71. The van der Waals surface area contributed by atoms with Crippen molar-refractivity contribution in [2.24, 2.45) is 0 Å². The molecule has 1 aromatic carbocycles. The SMILES string of the molecule is Cc1cc(Br)ccc1NC(=S)NC1CC1. The van der Waals surface area contributed by atoms with E-state index >= 15 is 0 Å². The third-order valence-electron chi connectivity index (χ3n) is 2.35. The van der Waals surface area contributed by atoms with Gasteiger partial charge in [0.1, 0.15) is 0 Å². The molecular formula is C11H13BrN2S. The van der Waals surface area contributed by atoms with Crippen LogP contribution in [0.15, 0.2) is 22.7 Å². The van der Waals surface area contributed by atoms with E-state index in [1.165, 1.54) is 18.4 Å². The van der Waals surface area contributed by atoms with Gasteiger partial charge in [-0.3, -0.25) is 0 Å². The molecule has 0 aromatic heterocycles. The number of nitrogens with one attached hydrogen (secondary N) is 2. The lowest BCUT2D eigenvalue weighted by Gasteiger charge is -2.11. The van der Waals surface area contributed by atoms with Gasteiger partial charge in [0, 0.05) is 16.2 Å². The number of anilines is 1. The third-order valence-corrected chi connectivity index (χ3v) is 3.06. The van der Waals surface area contributed by atoms with Crippen molar-refractivity contribution in [3.8, 4) is 0 Å². The molecule has 2 rings (SSSR count). The molecule has 0 heterocycles. The molecule has 0 amide bonds. The number of hydrogen-bond acceptors (Lipinski definition) is 1. The molecule has 4 heteroatoms. The molecule has 2 N–H and O–H groups in total. The van der Waals surface area contributed by atoms with E-state index in [0.717, 1.165) is 15.3 Å². The minimum atomic E-state index is 0.598. The highest BCUT2D eigenvalue weighted by atomic mass is 79.9. The summed E-state index contributed by atoms with van der Waals surface area (Å²) in [4.78, 5) is 0. The number of halogens is 1. The van der Waals surface area contributed by atoms with Gasteiger partial charge >= 0.3 is 0 Å². The average Bonchev–Trinajstić information content (AvgIpc) is 2.94. The van der Waals surface area contributed by atoms with E-state index in [9.17, 15) is 0 Å². The monoisotopic (exact) mass is 284 g/mol. The standard InChI is InChI=1S/C11H13BrN2S/c1-7-6-8(12)2-5-10(7)14-11(15)13-9-3-4-9/h2,5-6,9H,3-4H2,1H3,(H2,13,14,15). The molecule has 1 fully saturated rings. The number of rotatable bonds is 2. The fourth-order valence-electron chi connectivity index (χ4n) is 1.34. The van der Waals surface area contributed by atoms with Crippen molar-refractivity contribution in [3.63, 3.8) is 0 Å². The summed E-state index contributed by atoms with van der Waals surface area (Å²) in [6.07, 6.45) is 2.47. The first-order valence-corrected chi connectivity index (χ1v) is 6.19. The molecule has 0 aliphatic heterocycles. The first-order valence-electron chi connectivity index (χ1n) is 4.99. The van der Waals surface area contributed by atoms with Gasteiger partial charge in [0.05, 0.1) is 0 Å². The van der Waals surface area contributed by atoms with Crippen LogP contribution < -0.4 is 10.6 Å². The number of thiocarbonyl (C=S) groups is 1. The summed E-state index contributed by atoms with van der Waals surface area (Å²) in [6.45, 7) is 2.06. The van der Waals surface area contributed by atoms with Crippen molar-refractivity contribution in [2.45, 2.75) is 25.8 Å². The largest absolute Gasteiger partial charge is 0.360 e. The van der Waals surface area contributed by atoms with Crippen LogP contribution in [0.1, 0.15) is 18.4 Å². The van der Waals surface area contributed by atoms with E-state index in [1.54, 1.807) is 0 Å². The van der Waals surface area contributed by atoms with Crippen molar-refractivity contribution in [2.75, 3.05) is 5.32 Å². The number of aryl methyl sites for hydroxylation is 1. The zero-order chi connectivity index (χ0) is 10.8. The Morgan fingerprint density at radius 1 is 1.47 bits per heavy atom. The Balaban J connectivity index is 1.99. The highest BCUT2D eigenvalue weighted by Crippen LogP contribution is 2.21. The minimum absolute atomic E-state index is 0.598. The number of hydrogen-bond donors (Lipinski definition) is 2. The summed E-state index contributed by atoms with van der Waals surface area (Å²) < 4.78 is 1.09. The quantitative estimate of drug-likeness (QED) is 0.816. The molecular weight excluding hydrogens is 272 g/mol. The van der Waals surface area contributed by atoms with Crippen LogP contribution in [0.4, 0.5) is 5.69 Å². The average molecular weight is 285 g/mol. The van der Waals surface area contributed by atoms with Gasteiger partial charge in [0.25, 0.3) is 0 Å². The molecule has 1 saturated carbocycles. The van der Waals surface area contributed by atoms with E-state index in [-0.39, 0.29) is 0 Å². The second-order valence-corrected chi connectivity index (χ2v) is 5.16. The molecule has 1 aliphatic carbocycles. The maximum absolute atomic E-state index is 5.21. The Kier molecular flexibility index (Phi) is 3.26. The maximum atomic E-state index is 5.21. The van der Waals surface area contributed by atoms with Gasteiger partial charge in [-0.15, -0.1) is 0 Å². The van der Waals surface area contributed by atoms with E-state index in [2.05, 4.69) is 39.6 Å². The Bertz CT molecular complexity index is 388. The zero-order valence-corrected chi connectivity index (χ0v) is 10.9. The van der Waals surface area contributed by atoms with Gasteiger partial charge in [-0.25, -0.2) is 0 Å². The maximum Gasteiger partial charge on any atom is 0.171 e.